The van der Waals surface area contributed by atoms with E-state index >= 15 is 0 Å². The summed E-state index contributed by atoms with van der Waals surface area (Å²) in [5, 5.41) is 13.6. The van der Waals surface area contributed by atoms with Gasteiger partial charge in [-0.15, -0.1) is 11.8 Å². The van der Waals surface area contributed by atoms with Crippen molar-refractivity contribution in [3.63, 3.8) is 0 Å². The van der Waals surface area contributed by atoms with Crippen LogP contribution in [0.2, 0.25) is 0 Å². The molecule has 156 valence electrons. The number of rotatable bonds is 8. The van der Waals surface area contributed by atoms with Gasteiger partial charge in [0.15, 0.2) is 0 Å². The Bertz CT molecular complexity index is 1070. The van der Waals surface area contributed by atoms with E-state index in [4.69, 9.17) is 5.11 Å². The molecule has 0 saturated heterocycles. The highest BCUT2D eigenvalue weighted by Gasteiger charge is 2.22. The number of carboxylic acids is 1. The highest BCUT2D eigenvalue weighted by Crippen LogP contribution is 2.36. The molecule has 1 unspecified atom stereocenters. The number of thioether (sulfide) groups is 1. The molecule has 6 nitrogen and oxygen atoms in total. The Hall–Kier alpha value is -3.84. The molecule has 0 bridgehead atoms. The number of carbonyl (C=O) groups is 3. The molecule has 3 rings (SSSR count). The van der Waals surface area contributed by atoms with E-state index < -0.39 is 17.1 Å². The van der Waals surface area contributed by atoms with Gasteiger partial charge in [-0.3, -0.25) is 9.59 Å². The van der Waals surface area contributed by atoms with Crippen LogP contribution in [-0.2, 0) is 14.4 Å². The SMILES string of the molecule is O=C(O)/C=C/C(=O)Nc1ccc(SC(C(=O)Nc2ccccc2)c2ccccc2)cc1. The van der Waals surface area contributed by atoms with Gasteiger partial charge in [0.2, 0.25) is 11.8 Å². The van der Waals surface area contributed by atoms with Crippen LogP contribution in [0.3, 0.4) is 0 Å². The average Bonchev–Trinajstić information content (AvgIpc) is 2.78. The first kappa shape index (κ1) is 21.9. The zero-order valence-corrected chi connectivity index (χ0v) is 17.2. The summed E-state index contributed by atoms with van der Waals surface area (Å²) in [5.41, 5.74) is 2.12. The summed E-state index contributed by atoms with van der Waals surface area (Å²) in [5.74, 6) is -1.87. The Morgan fingerprint density at radius 1 is 0.742 bits per heavy atom. The molecule has 0 aliphatic carbocycles. The minimum Gasteiger partial charge on any atom is -0.478 e. The fraction of sp³-hybridized carbons (Fsp3) is 0.0417. The van der Waals surface area contributed by atoms with Gasteiger partial charge in [0, 0.05) is 28.4 Å². The fourth-order valence-corrected chi connectivity index (χ4v) is 3.74. The zero-order chi connectivity index (χ0) is 22.1. The third-order valence-electron chi connectivity index (χ3n) is 4.13. The van der Waals surface area contributed by atoms with Gasteiger partial charge in [0.1, 0.15) is 5.25 Å². The van der Waals surface area contributed by atoms with Gasteiger partial charge in [-0.05, 0) is 42.0 Å². The average molecular weight is 433 g/mol. The van der Waals surface area contributed by atoms with E-state index in [-0.39, 0.29) is 5.91 Å². The minimum absolute atomic E-state index is 0.140. The molecule has 0 aliphatic heterocycles. The van der Waals surface area contributed by atoms with E-state index in [1.807, 2.05) is 60.7 Å². The summed E-state index contributed by atoms with van der Waals surface area (Å²) in [6.45, 7) is 0. The van der Waals surface area contributed by atoms with E-state index in [0.717, 1.165) is 28.3 Å². The van der Waals surface area contributed by atoms with Crippen molar-refractivity contribution < 1.29 is 19.5 Å². The molecule has 0 radical (unpaired) electrons. The van der Waals surface area contributed by atoms with Crippen LogP contribution >= 0.6 is 11.8 Å². The van der Waals surface area contributed by atoms with Crippen LogP contribution in [0.5, 0.6) is 0 Å². The van der Waals surface area contributed by atoms with E-state index in [2.05, 4.69) is 10.6 Å². The molecule has 2 amide bonds. The number of para-hydroxylation sites is 1. The zero-order valence-electron chi connectivity index (χ0n) is 16.4. The monoisotopic (exact) mass is 432 g/mol. The summed E-state index contributed by atoms with van der Waals surface area (Å²) in [7, 11) is 0. The van der Waals surface area contributed by atoms with Crippen molar-refractivity contribution in [2.45, 2.75) is 10.1 Å². The number of carboxylic acid groups (broad SMARTS) is 1. The van der Waals surface area contributed by atoms with Crippen LogP contribution in [-0.4, -0.2) is 22.9 Å². The van der Waals surface area contributed by atoms with Crippen molar-refractivity contribution in [2.75, 3.05) is 10.6 Å². The Balaban J connectivity index is 1.73. The number of anilines is 2. The molecule has 0 fully saturated rings. The molecule has 0 saturated carbocycles. The number of hydrogen-bond acceptors (Lipinski definition) is 4. The van der Waals surface area contributed by atoms with E-state index in [1.54, 1.807) is 24.3 Å². The molecule has 31 heavy (non-hydrogen) atoms. The van der Waals surface area contributed by atoms with E-state index in [0.29, 0.717) is 5.69 Å². The first-order valence-electron chi connectivity index (χ1n) is 9.41. The standard InChI is InChI=1S/C24H20N2O4S/c27-21(15-16-22(28)29)25-19-11-13-20(14-12-19)31-23(17-7-3-1-4-8-17)24(30)26-18-9-5-2-6-10-18/h1-16,23H,(H,25,27)(H,26,30)(H,28,29)/b16-15+. The van der Waals surface area contributed by atoms with Crippen LogP contribution in [0, 0.1) is 0 Å². The van der Waals surface area contributed by atoms with Crippen LogP contribution in [0.25, 0.3) is 0 Å². The van der Waals surface area contributed by atoms with Crippen LogP contribution in [0.4, 0.5) is 11.4 Å². The Labute approximate surface area is 184 Å². The van der Waals surface area contributed by atoms with Crippen molar-refractivity contribution in [1.29, 1.82) is 0 Å². The maximum absolute atomic E-state index is 13.0. The second kappa shape index (κ2) is 10.8. The van der Waals surface area contributed by atoms with Crippen molar-refractivity contribution in [1.82, 2.24) is 0 Å². The number of carbonyl (C=O) groups excluding carboxylic acids is 2. The highest BCUT2D eigenvalue weighted by atomic mass is 32.2. The smallest absolute Gasteiger partial charge is 0.328 e. The second-order valence-corrected chi connectivity index (χ2v) is 7.63. The molecule has 7 heteroatoms. The lowest BCUT2D eigenvalue weighted by atomic mass is 10.1. The highest BCUT2D eigenvalue weighted by molar-refractivity contribution is 8.00. The van der Waals surface area contributed by atoms with E-state index in [1.165, 1.54) is 11.8 Å². The molecule has 0 aliphatic rings. The lowest BCUT2D eigenvalue weighted by molar-refractivity contribution is -0.131. The van der Waals surface area contributed by atoms with Gasteiger partial charge >= 0.3 is 5.97 Å². The lowest BCUT2D eigenvalue weighted by Crippen LogP contribution is -2.19. The number of hydrogen-bond donors (Lipinski definition) is 3. The van der Waals surface area contributed by atoms with Gasteiger partial charge in [-0.2, -0.15) is 0 Å². The van der Waals surface area contributed by atoms with E-state index in [9.17, 15) is 14.4 Å². The summed E-state index contributed by atoms with van der Waals surface area (Å²) in [4.78, 5) is 36.1. The summed E-state index contributed by atoms with van der Waals surface area (Å²) >= 11 is 1.39. The Kier molecular flexibility index (Phi) is 7.61. The topological polar surface area (TPSA) is 95.5 Å². The van der Waals surface area contributed by atoms with Crippen LogP contribution in [0.15, 0.2) is 102 Å². The first-order valence-corrected chi connectivity index (χ1v) is 10.3. The molecule has 3 aromatic carbocycles. The Morgan fingerprint density at radius 2 is 1.32 bits per heavy atom. The van der Waals surface area contributed by atoms with Gasteiger partial charge in [0.25, 0.3) is 0 Å². The largest absolute Gasteiger partial charge is 0.478 e. The van der Waals surface area contributed by atoms with Gasteiger partial charge < -0.3 is 15.7 Å². The first-order chi connectivity index (χ1) is 15.0. The van der Waals surface area contributed by atoms with Crippen LogP contribution in [0.1, 0.15) is 10.8 Å². The summed E-state index contributed by atoms with van der Waals surface area (Å²) in [6.07, 6.45) is 1.72. The quantitative estimate of drug-likeness (QED) is 0.353. The molecule has 0 spiro atoms. The number of benzene rings is 3. The predicted molar refractivity (Wildman–Crippen MR) is 122 cm³/mol. The molecule has 0 aromatic heterocycles. The molecular weight excluding hydrogens is 412 g/mol. The molecule has 1 atom stereocenters. The molecule has 0 heterocycles. The van der Waals surface area contributed by atoms with Gasteiger partial charge in [-0.1, -0.05) is 48.5 Å². The third-order valence-corrected chi connectivity index (χ3v) is 5.40. The summed E-state index contributed by atoms with van der Waals surface area (Å²) < 4.78 is 0. The predicted octanol–water partition coefficient (Wildman–Crippen LogP) is 4.74. The number of aliphatic carboxylic acids is 1. The normalized spacial score (nSPS) is 11.6. The Morgan fingerprint density at radius 3 is 1.94 bits per heavy atom. The van der Waals surface area contributed by atoms with Crippen molar-refractivity contribution in [3.05, 3.63) is 103 Å². The molecular formula is C24H20N2O4S. The maximum atomic E-state index is 13.0. The van der Waals surface area contributed by atoms with Gasteiger partial charge in [-0.25, -0.2) is 4.79 Å². The lowest BCUT2D eigenvalue weighted by Gasteiger charge is -2.17. The minimum atomic E-state index is -1.19. The molecule has 3 N–H and O–H groups in total. The second-order valence-electron chi connectivity index (χ2n) is 6.45. The van der Waals surface area contributed by atoms with Crippen molar-refractivity contribution >= 4 is 40.9 Å². The van der Waals surface area contributed by atoms with Crippen molar-refractivity contribution in [2.24, 2.45) is 0 Å². The fourth-order valence-electron chi connectivity index (χ4n) is 2.71. The third kappa shape index (κ3) is 6.87. The maximum Gasteiger partial charge on any atom is 0.328 e. The summed E-state index contributed by atoms with van der Waals surface area (Å²) in [6, 6.07) is 25.8. The van der Waals surface area contributed by atoms with Crippen LogP contribution < -0.4 is 10.6 Å². The van der Waals surface area contributed by atoms with Gasteiger partial charge in [0.05, 0.1) is 0 Å². The number of nitrogens with one attached hydrogen (secondary N) is 2. The van der Waals surface area contributed by atoms with Crippen molar-refractivity contribution in [3.8, 4) is 0 Å². The molecule has 3 aromatic rings. The number of amides is 2.